The zero-order valence-corrected chi connectivity index (χ0v) is 16.7. The molecule has 2 aromatic carbocycles. The van der Waals surface area contributed by atoms with Crippen molar-refractivity contribution in [3.63, 3.8) is 0 Å². The highest BCUT2D eigenvalue weighted by molar-refractivity contribution is 14.1. The Morgan fingerprint density at radius 1 is 1.12 bits per heavy atom. The smallest absolute Gasteiger partial charge is 0.262 e. The van der Waals surface area contributed by atoms with Gasteiger partial charge in [-0.25, -0.2) is 0 Å². The van der Waals surface area contributed by atoms with Gasteiger partial charge in [0.05, 0.1) is 0 Å². The lowest BCUT2D eigenvalue weighted by Crippen LogP contribution is -2.20. The van der Waals surface area contributed by atoms with Gasteiger partial charge in [0.2, 0.25) is 0 Å². The SMILES string of the molecule is Cc1cc(I)ccc1NC(=O)COc1ccc(C2CCCCC2)cc1. The van der Waals surface area contributed by atoms with Crippen molar-refractivity contribution in [1.82, 2.24) is 0 Å². The zero-order chi connectivity index (χ0) is 17.6. The Bertz CT molecular complexity index is 721. The fourth-order valence-electron chi connectivity index (χ4n) is 3.37. The van der Waals surface area contributed by atoms with Gasteiger partial charge >= 0.3 is 0 Å². The molecule has 132 valence electrons. The maximum Gasteiger partial charge on any atom is 0.262 e. The molecule has 0 spiro atoms. The minimum Gasteiger partial charge on any atom is -0.484 e. The van der Waals surface area contributed by atoms with Crippen LogP contribution >= 0.6 is 22.6 Å². The summed E-state index contributed by atoms with van der Waals surface area (Å²) in [5, 5.41) is 2.90. The number of carbonyl (C=O) groups excluding carboxylic acids is 1. The van der Waals surface area contributed by atoms with E-state index in [0.717, 1.165) is 20.6 Å². The van der Waals surface area contributed by atoms with E-state index in [4.69, 9.17) is 4.74 Å². The summed E-state index contributed by atoms with van der Waals surface area (Å²) in [6.45, 7) is 2.01. The van der Waals surface area contributed by atoms with E-state index in [9.17, 15) is 4.79 Å². The molecule has 3 rings (SSSR count). The zero-order valence-electron chi connectivity index (χ0n) is 14.6. The third-order valence-electron chi connectivity index (χ3n) is 4.79. The Kier molecular flexibility index (Phi) is 6.34. The molecule has 1 fully saturated rings. The molecule has 1 amide bonds. The number of carbonyl (C=O) groups is 1. The maximum absolute atomic E-state index is 12.1. The largest absolute Gasteiger partial charge is 0.484 e. The first-order valence-corrected chi connectivity index (χ1v) is 9.98. The summed E-state index contributed by atoms with van der Waals surface area (Å²) in [5.41, 5.74) is 3.28. The first-order chi connectivity index (χ1) is 12.1. The number of halogens is 1. The topological polar surface area (TPSA) is 38.3 Å². The number of hydrogen-bond donors (Lipinski definition) is 1. The van der Waals surface area contributed by atoms with Gasteiger partial charge in [0.25, 0.3) is 5.91 Å². The van der Waals surface area contributed by atoms with Crippen LogP contribution < -0.4 is 10.1 Å². The molecule has 1 aliphatic rings. The number of amides is 1. The molecule has 0 aromatic heterocycles. The Morgan fingerprint density at radius 3 is 2.52 bits per heavy atom. The second-order valence-corrected chi connectivity index (χ2v) is 7.95. The molecule has 2 aromatic rings. The van der Waals surface area contributed by atoms with Crippen molar-refractivity contribution in [2.75, 3.05) is 11.9 Å². The van der Waals surface area contributed by atoms with Crippen LogP contribution in [-0.4, -0.2) is 12.5 Å². The second-order valence-electron chi connectivity index (χ2n) is 6.70. The van der Waals surface area contributed by atoms with E-state index in [1.807, 2.05) is 37.3 Å². The predicted octanol–water partition coefficient (Wildman–Crippen LogP) is 5.66. The van der Waals surface area contributed by atoms with Crippen LogP contribution in [0.25, 0.3) is 0 Å². The fourth-order valence-corrected chi connectivity index (χ4v) is 4.02. The molecule has 0 atom stereocenters. The number of hydrogen-bond acceptors (Lipinski definition) is 2. The number of nitrogens with one attached hydrogen (secondary N) is 1. The quantitative estimate of drug-likeness (QED) is 0.598. The van der Waals surface area contributed by atoms with Crippen molar-refractivity contribution >= 4 is 34.2 Å². The van der Waals surface area contributed by atoms with Crippen LogP contribution in [0.15, 0.2) is 42.5 Å². The highest BCUT2D eigenvalue weighted by Crippen LogP contribution is 2.33. The first-order valence-electron chi connectivity index (χ1n) is 8.90. The molecule has 0 heterocycles. The van der Waals surface area contributed by atoms with Gasteiger partial charge in [0.1, 0.15) is 5.75 Å². The summed E-state index contributed by atoms with van der Waals surface area (Å²) in [7, 11) is 0. The molecule has 0 unspecified atom stereocenters. The standard InChI is InChI=1S/C21H24INO2/c1-15-13-18(22)9-12-20(15)23-21(24)14-25-19-10-7-17(8-11-19)16-5-3-2-4-6-16/h7-13,16H,2-6,14H2,1H3,(H,23,24). The fraction of sp³-hybridized carbons (Fsp3) is 0.381. The lowest BCUT2D eigenvalue weighted by atomic mass is 9.84. The molecule has 1 N–H and O–H groups in total. The summed E-state index contributed by atoms with van der Waals surface area (Å²) in [4.78, 5) is 12.1. The van der Waals surface area contributed by atoms with Gasteiger partial charge in [-0.3, -0.25) is 4.79 Å². The van der Waals surface area contributed by atoms with Crippen LogP contribution in [-0.2, 0) is 4.79 Å². The van der Waals surface area contributed by atoms with E-state index in [1.54, 1.807) is 0 Å². The van der Waals surface area contributed by atoms with E-state index in [-0.39, 0.29) is 12.5 Å². The van der Waals surface area contributed by atoms with Gasteiger partial charge in [-0.1, -0.05) is 31.4 Å². The molecular formula is C21H24INO2. The van der Waals surface area contributed by atoms with Crippen LogP contribution in [0.5, 0.6) is 5.75 Å². The molecular weight excluding hydrogens is 425 g/mol. The molecule has 0 aliphatic heterocycles. The normalized spacial score (nSPS) is 15.0. The lowest BCUT2D eigenvalue weighted by molar-refractivity contribution is -0.118. The van der Waals surface area contributed by atoms with Gasteiger partial charge in [0.15, 0.2) is 6.61 Å². The van der Waals surface area contributed by atoms with Gasteiger partial charge in [-0.15, -0.1) is 0 Å². The summed E-state index contributed by atoms with van der Waals surface area (Å²) >= 11 is 2.26. The number of rotatable bonds is 5. The molecule has 4 heteroatoms. The van der Waals surface area contributed by atoms with Crippen LogP contribution in [0.3, 0.4) is 0 Å². The van der Waals surface area contributed by atoms with E-state index >= 15 is 0 Å². The van der Waals surface area contributed by atoms with Crippen LogP contribution in [0.2, 0.25) is 0 Å². The number of anilines is 1. The van der Waals surface area contributed by atoms with Crippen molar-refractivity contribution in [3.05, 3.63) is 57.2 Å². The van der Waals surface area contributed by atoms with Crippen LogP contribution in [0.1, 0.15) is 49.1 Å². The van der Waals surface area contributed by atoms with Crippen molar-refractivity contribution in [2.24, 2.45) is 0 Å². The first kappa shape index (κ1) is 18.2. The Hall–Kier alpha value is -1.56. The van der Waals surface area contributed by atoms with E-state index in [1.165, 1.54) is 37.7 Å². The van der Waals surface area contributed by atoms with Crippen molar-refractivity contribution in [3.8, 4) is 5.75 Å². The summed E-state index contributed by atoms with van der Waals surface area (Å²) in [6.07, 6.45) is 6.62. The Morgan fingerprint density at radius 2 is 1.84 bits per heavy atom. The van der Waals surface area contributed by atoms with Gasteiger partial charge in [-0.2, -0.15) is 0 Å². The number of benzene rings is 2. The van der Waals surface area contributed by atoms with Gasteiger partial charge in [-0.05, 0) is 89.7 Å². The summed E-state index contributed by atoms with van der Waals surface area (Å²) in [6, 6.07) is 14.2. The molecule has 3 nitrogen and oxygen atoms in total. The third kappa shape index (κ3) is 5.21. The van der Waals surface area contributed by atoms with Gasteiger partial charge in [0, 0.05) is 9.26 Å². The van der Waals surface area contributed by atoms with E-state index < -0.39 is 0 Å². The average Bonchev–Trinajstić information content (AvgIpc) is 2.63. The highest BCUT2D eigenvalue weighted by Gasteiger charge is 2.15. The molecule has 0 radical (unpaired) electrons. The third-order valence-corrected chi connectivity index (χ3v) is 5.46. The van der Waals surface area contributed by atoms with Crippen molar-refractivity contribution in [2.45, 2.75) is 44.9 Å². The molecule has 0 saturated heterocycles. The monoisotopic (exact) mass is 449 g/mol. The van der Waals surface area contributed by atoms with E-state index in [0.29, 0.717) is 5.92 Å². The summed E-state index contributed by atoms with van der Waals surface area (Å²) < 4.78 is 6.79. The average molecular weight is 449 g/mol. The minimum atomic E-state index is -0.138. The number of ether oxygens (including phenoxy) is 1. The van der Waals surface area contributed by atoms with Gasteiger partial charge < -0.3 is 10.1 Å². The van der Waals surface area contributed by atoms with Crippen molar-refractivity contribution in [1.29, 1.82) is 0 Å². The molecule has 25 heavy (non-hydrogen) atoms. The highest BCUT2D eigenvalue weighted by atomic mass is 127. The van der Waals surface area contributed by atoms with Crippen LogP contribution in [0, 0.1) is 10.5 Å². The van der Waals surface area contributed by atoms with E-state index in [2.05, 4.69) is 40.0 Å². The maximum atomic E-state index is 12.1. The Balaban J connectivity index is 1.51. The molecule has 1 saturated carbocycles. The minimum absolute atomic E-state index is 0.0220. The second kappa shape index (κ2) is 8.70. The lowest BCUT2D eigenvalue weighted by Gasteiger charge is -2.22. The van der Waals surface area contributed by atoms with Crippen molar-refractivity contribution < 1.29 is 9.53 Å². The predicted molar refractivity (Wildman–Crippen MR) is 110 cm³/mol. The van der Waals surface area contributed by atoms with Crippen LogP contribution in [0.4, 0.5) is 5.69 Å². The number of aryl methyl sites for hydroxylation is 1. The Labute approximate surface area is 163 Å². The summed E-state index contributed by atoms with van der Waals surface area (Å²) in [5.74, 6) is 1.30. The molecule has 0 bridgehead atoms. The molecule has 1 aliphatic carbocycles.